The number of ether oxygens (including phenoxy) is 4. The van der Waals surface area contributed by atoms with Crippen LogP contribution in [0.25, 0.3) is 0 Å². The lowest BCUT2D eigenvalue weighted by Crippen LogP contribution is -2.26. The van der Waals surface area contributed by atoms with Crippen LogP contribution in [0.2, 0.25) is 0 Å². The summed E-state index contributed by atoms with van der Waals surface area (Å²) in [7, 11) is -2.10. The Bertz CT molecular complexity index is 419. The van der Waals surface area contributed by atoms with Crippen molar-refractivity contribution in [3.63, 3.8) is 0 Å². The average Bonchev–Trinajstić information content (AvgIpc) is 2.65. The van der Waals surface area contributed by atoms with Crippen molar-refractivity contribution in [2.75, 3.05) is 79.2 Å². The van der Waals surface area contributed by atoms with Gasteiger partial charge < -0.3 is 34.1 Å². The van der Waals surface area contributed by atoms with E-state index in [0.29, 0.717) is 33.0 Å². The number of amides is 1. The summed E-state index contributed by atoms with van der Waals surface area (Å²) < 4.78 is 49.5. The molecular formula is C17H36FN2O7P. The molecular weight excluding hydrogens is 394 g/mol. The fourth-order valence-electron chi connectivity index (χ4n) is 2.01. The number of unbranched alkanes of at least 4 members (excludes halogenated alkanes) is 2. The predicted molar refractivity (Wildman–Crippen MR) is 105 cm³/mol. The van der Waals surface area contributed by atoms with Crippen LogP contribution in [0, 0.1) is 0 Å². The number of alkyl carbamates (subject to hydrolysis) is 1. The molecule has 28 heavy (non-hydrogen) atoms. The molecule has 0 bridgehead atoms. The van der Waals surface area contributed by atoms with Gasteiger partial charge in [0.1, 0.15) is 6.61 Å². The van der Waals surface area contributed by atoms with E-state index in [1.807, 2.05) is 7.05 Å². The molecule has 0 aliphatic rings. The van der Waals surface area contributed by atoms with Crippen LogP contribution in [0.3, 0.4) is 0 Å². The normalized spacial score (nSPS) is 13.2. The first kappa shape index (κ1) is 27.2. The summed E-state index contributed by atoms with van der Waals surface area (Å²) in [6.45, 7) is 5.04. The van der Waals surface area contributed by atoms with Crippen molar-refractivity contribution < 1.29 is 37.0 Å². The van der Waals surface area contributed by atoms with Crippen LogP contribution in [0.15, 0.2) is 0 Å². The Morgan fingerprint density at radius 2 is 1.46 bits per heavy atom. The van der Waals surface area contributed by atoms with Crippen LogP contribution in [0.5, 0.6) is 0 Å². The van der Waals surface area contributed by atoms with Gasteiger partial charge in [-0.1, -0.05) is 6.42 Å². The number of nitrogens with one attached hydrogen (secondary N) is 2. The number of carbonyl (C=O) groups excluding carboxylic acids is 1. The zero-order chi connectivity index (χ0) is 20.9. The Hall–Kier alpha value is -0.770. The SMILES string of the molecule is CCOP(=O)(F)CCOCCOCCOCCOC(=O)NCCCCCNC. The minimum absolute atomic E-state index is 0.0169. The largest absolute Gasteiger partial charge is 0.447 e. The third-order valence-corrected chi connectivity index (χ3v) is 4.76. The van der Waals surface area contributed by atoms with Gasteiger partial charge in [0.2, 0.25) is 0 Å². The molecule has 2 N–H and O–H groups in total. The molecule has 0 radical (unpaired) electrons. The molecule has 0 heterocycles. The molecule has 9 nitrogen and oxygen atoms in total. The molecule has 0 fully saturated rings. The summed E-state index contributed by atoms with van der Waals surface area (Å²) in [5.41, 5.74) is 0. The van der Waals surface area contributed by atoms with E-state index < -0.39 is 13.8 Å². The lowest BCUT2D eigenvalue weighted by Gasteiger charge is -2.09. The Balaban J connectivity index is 3.25. The van der Waals surface area contributed by atoms with Gasteiger partial charge in [0, 0.05) is 6.54 Å². The van der Waals surface area contributed by atoms with Crippen LogP contribution in [0.1, 0.15) is 26.2 Å². The third-order valence-electron chi connectivity index (χ3n) is 3.40. The summed E-state index contributed by atoms with van der Waals surface area (Å²) in [5, 5.41) is 5.76. The quantitative estimate of drug-likeness (QED) is 0.224. The molecule has 0 aliphatic heterocycles. The van der Waals surface area contributed by atoms with E-state index in [2.05, 4.69) is 15.2 Å². The van der Waals surface area contributed by atoms with Gasteiger partial charge in [-0.2, -0.15) is 4.20 Å². The van der Waals surface area contributed by atoms with Crippen LogP contribution >= 0.6 is 7.68 Å². The molecule has 1 unspecified atom stereocenters. The maximum Gasteiger partial charge on any atom is 0.407 e. The molecule has 0 aromatic carbocycles. The van der Waals surface area contributed by atoms with E-state index in [4.69, 9.17) is 18.9 Å². The average molecular weight is 430 g/mol. The van der Waals surface area contributed by atoms with E-state index in [9.17, 15) is 13.6 Å². The van der Waals surface area contributed by atoms with Crippen molar-refractivity contribution >= 4 is 13.8 Å². The van der Waals surface area contributed by atoms with Crippen molar-refractivity contribution in [1.82, 2.24) is 10.6 Å². The van der Waals surface area contributed by atoms with Gasteiger partial charge in [-0.05, 0) is 33.4 Å². The van der Waals surface area contributed by atoms with Crippen LogP contribution in [0.4, 0.5) is 8.99 Å². The van der Waals surface area contributed by atoms with Gasteiger partial charge in [0.05, 0.1) is 52.4 Å². The van der Waals surface area contributed by atoms with Crippen molar-refractivity contribution in [3.8, 4) is 0 Å². The molecule has 0 aliphatic carbocycles. The molecule has 0 aromatic heterocycles. The molecule has 1 atom stereocenters. The van der Waals surface area contributed by atoms with Gasteiger partial charge in [-0.25, -0.2) is 4.79 Å². The number of carbonyl (C=O) groups is 1. The number of halogens is 1. The maximum absolute atomic E-state index is 13.2. The minimum Gasteiger partial charge on any atom is -0.447 e. The zero-order valence-electron chi connectivity index (χ0n) is 17.1. The van der Waals surface area contributed by atoms with Crippen LogP contribution in [-0.4, -0.2) is 85.2 Å². The summed E-state index contributed by atoms with van der Waals surface area (Å²) in [4.78, 5) is 11.4. The minimum atomic E-state index is -4.02. The van der Waals surface area contributed by atoms with E-state index in [0.717, 1.165) is 25.8 Å². The lowest BCUT2D eigenvalue weighted by atomic mass is 10.2. The van der Waals surface area contributed by atoms with Crippen LogP contribution < -0.4 is 10.6 Å². The highest BCUT2D eigenvalue weighted by Gasteiger charge is 2.20. The first-order valence-electron chi connectivity index (χ1n) is 9.73. The number of rotatable bonds is 20. The van der Waals surface area contributed by atoms with Crippen molar-refractivity contribution in [3.05, 3.63) is 0 Å². The second kappa shape index (κ2) is 19.5. The molecule has 0 aromatic rings. The summed E-state index contributed by atoms with van der Waals surface area (Å²) in [6, 6.07) is 0. The molecule has 11 heteroatoms. The Morgan fingerprint density at radius 3 is 2.07 bits per heavy atom. The summed E-state index contributed by atoms with van der Waals surface area (Å²) in [6.07, 6.45) is 2.37. The molecule has 0 rings (SSSR count). The standard InChI is InChI=1S/C17H36FN2O7P/c1-3-27-28(18,22)16-15-25-12-11-23-9-10-24-13-14-26-17(21)20-8-6-4-5-7-19-2/h19H,3-16H2,1-2H3,(H,20,21). The maximum atomic E-state index is 13.2. The summed E-state index contributed by atoms with van der Waals surface area (Å²) in [5.74, 6) is 0. The van der Waals surface area contributed by atoms with Gasteiger partial charge in [0.15, 0.2) is 0 Å². The highest BCUT2D eigenvalue weighted by molar-refractivity contribution is 7.53. The fourth-order valence-corrected chi connectivity index (χ4v) is 2.87. The second-order valence-electron chi connectivity index (χ2n) is 5.80. The smallest absolute Gasteiger partial charge is 0.407 e. The van der Waals surface area contributed by atoms with Crippen molar-refractivity contribution in [1.29, 1.82) is 0 Å². The first-order valence-corrected chi connectivity index (χ1v) is 11.4. The fraction of sp³-hybridized carbons (Fsp3) is 0.941. The predicted octanol–water partition coefficient (Wildman–Crippen LogP) is 2.35. The first-order chi connectivity index (χ1) is 13.5. The van der Waals surface area contributed by atoms with Crippen molar-refractivity contribution in [2.24, 2.45) is 0 Å². The van der Waals surface area contributed by atoms with E-state index in [1.54, 1.807) is 6.92 Å². The number of hydrogen-bond acceptors (Lipinski definition) is 8. The van der Waals surface area contributed by atoms with E-state index >= 15 is 0 Å². The van der Waals surface area contributed by atoms with E-state index in [-0.39, 0.29) is 32.6 Å². The monoisotopic (exact) mass is 430 g/mol. The molecule has 0 saturated carbocycles. The summed E-state index contributed by atoms with van der Waals surface area (Å²) >= 11 is 0. The van der Waals surface area contributed by atoms with Crippen LogP contribution in [-0.2, 0) is 28.0 Å². The zero-order valence-corrected chi connectivity index (χ0v) is 18.0. The van der Waals surface area contributed by atoms with Gasteiger partial charge >= 0.3 is 13.8 Å². The number of hydrogen-bond donors (Lipinski definition) is 2. The molecule has 1 amide bonds. The molecule has 168 valence electrons. The highest BCUT2D eigenvalue weighted by Crippen LogP contribution is 2.47. The van der Waals surface area contributed by atoms with E-state index in [1.165, 1.54) is 0 Å². The van der Waals surface area contributed by atoms with Gasteiger partial charge in [-0.15, -0.1) is 0 Å². The Kier molecular flexibility index (Phi) is 19.0. The topological polar surface area (TPSA) is 104 Å². The highest BCUT2D eigenvalue weighted by atomic mass is 31.2. The lowest BCUT2D eigenvalue weighted by molar-refractivity contribution is 0.00740. The molecule has 0 saturated heterocycles. The second-order valence-corrected chi connectivity index (χ2v) is 7.68. The third kappa shape index (κ3) is 20.0. The molecule has 0 spiro atoms. The Labute approximate surface area is 167 Å². The Morgan fingerprint density at radius 1 is 0.893 bits per heavy atom. The van der Waals surface area contributed by atoms with Gasteiger partial charge in [0.25, 0.3) is 0 Å². The van der Waals surface area contributed by atoms with Gasteiger partial charge in [-0.3, -0.25) is 4.57 Å². The van der Waals surface area contributed by atoms with Crippen molar-refractivity contribution in [2.45, 2.75) is 26.2 Å².